The van der Waals surface area contributed by atoms with Crippen molar-refractivity contribution < 1.29 is 14.3 Å². The lowest BCUT2D eigenvalue weighted by molar-refractivity contribution is -0.120. The van der Waals surface area contributed by atoms with Gasteiger partial charge in [-0.15, -0.1) is 10.2 Å². The van der Waals surface area contributed by atoms with Crippen LogP contribution in [0.25, 0.3) is 5.69 Å². The van der Waals surface area contributed by atoms with Crippen LogP contribution < -0.4 is 10.2 Å². The minimum atomic E-state index is -0.294. The van der Waals surface area contributed by atoms with Crippen LogP contribution in [0.2, 0.25) is 0 Å². The van der Waals surface area contributed by atoms with Crippen LogP contribution in [-0.4, -0.2) is 71.5 Å². The van der Waals surface area contributed by atoms with Gasteiger partial charge in [0.2, 0.25) is 11.9 Å². The summed E-state index contributed by atoms with van der Waals surface area (Å²) >= 11 is 1.42. The van der Waals surface area contributed by atoms with Gasteiger partial charge in [-0.25, -0.2) is 0 Å². The second-order valence-corrected chi connectivity index (χ2v) is 9.00. The average Bonchev–Trinajstić information content (AvgIpc) is 3.43. The number of morpholine rings is 1. The van der Waals surface area contributed by atoms with Crippen molar-refractivity contribution in [1.29, 1.82) is 0 Å². The number of carbonyl (C=O) groups is 1. The molecule has 0 aliphatic carbocycles. The van der Waals surface area contributed by atoms with Gasteiger partial charge in [-0.3, -0.25) is 9.36 Å². The molecule has 0 spiro atoms. The van der Waals surface area contributed by atoms with E-state index in [9.17, 15) is 4.79 Å². The molecule has 0 radical (unpaired) electrons. The molecule has 2 fully saturated rings. The van der Waals surface area contributed by atoms with E-state index < -0.39 is 0 Å². The lowest BCUT2D eigenvalue weighted by atomic mass is 10.2. The summed E-state index contributed by atoms with van der Waals surface area (Å²) in [6, 6.07) is 8.28. The first-order chi connectivity index (χ1) is 14.6. The number of thioether (sulfide) groups is 1. The predicted molar refractivity (Wildman–Crippen MR) is 116 cm³/mol. The number of benzene rings is 1. The number of nitrogens with one attached hydrogen (secondary N) is 1. The summed E-state index contributed by atoms with van der Waals surface area (Å²) in [6.45, 7) is 8.20. The van der Waals surface area contributed by atoms with E-state index in [1.807, 2.05) is 11.5 Å². The Bertz CT molecular complexity index is 845. The van der Waals surface area contributed by atoms with Crippen molar-refractivity contribution in [2.45, 2.75) is 43.2 Å². The largest absolute Gasteiger partial charge is 0.378 e. The number of anilines is 1. The molecule has 3 heterocycles. The van der Waals surface area contributed by atoms with Gasteiger partial charge in [0.25, 0.3) is 0 Å². The number of rotatable bonds is 7. The smallest absolute Gasteiger partial charge is 0.233 e. The van der Waals surface area contributed by atoms with Crippen LogP contribution in [0, 0.1) is 6.92 Å². The number of hydrogen-bond acceptors (Lipinski definition) is 7. The number of carbonyl (C=O) groups excluding carboxylic acids is 1. The molecule has 2 unspecified atom stereocenters. The summed E-state index contributed by atoms with van der Waals surface area (Å²) in [5.41, 5.74) is 2.18. The molecular formula is C21H29N5O3S. The maximum absolute atomic E-state index is 12.6. The van der Waals surface area contributed by atoms with Crippen LogP contribution >= 0.6 is 11.8 Å². The minimum Gasteiger partial charge on any atom is -0.378 e. The van der Waals surface area contributed by atoms with Gasteiger partial charge in [0.05, 0.1) is 30.3 Å². The Morgan fingerprint density at radius 3 is 2.70 bits per heavy atom. The van der Waals surface area contributed by atoms with Gasteiger partial charge >= 0.3 is 0 Å². The zero-order chi connectivity index (χ0) is 20.9. The van der Waals surface area contributed by atoms with E-state index in [1.54, 1.807) is 0 Å². The number of amides is 1. The number of aryl methyl sites for hydroxylation is 1. The van der Waals surface area contributed by atoms with Gasteiger partial charge in [-0.1, -0.05) is 29.5 Å². The topological polar surface area (TPSA) is 81.5 Å². The molecule has 2 atom stereocenters. The monoisotopic (exact) mass is 431 g/mol. The van der Waals surface area contributed by atoms with Crippen molar-refractivity contribution in [2.75, 3.05) is 44.4 Å². The van der Waals surface area contributed by atoms with E-state index in [4.69, 9.17) is 9.47 Å². The SMILES string of the molecule is Cc1ccc(-n2c(SC(C)C(=O)NCC3CCCO3)nnc2N2CCOCC2)cc1. The van der Waals surface area contributed by atoms with Gasteiger partial charge < -0.3 is 19.7 Å². The minimum absolute atomic E-state index is 0.0121. The Balaban J connectivity index is 1.52. The molecular weight excluding hydrogens is 402 g/mol. The van der Waals surface area contributed by atoms with Gasteiger partial charge in [0.1, 0.15) is 0 Å². The van der Waals surface area contributed by atoms with Crippen LogP contribution in [0.5, 0.6) is 0 Å². The summed E-state index contributed by atoms with van der Waals surface area (Å²) in [5.74, 6) is 0.776. The fourth-order valence-corrected chi connectivity index (χ4v) is 4.49. The number of nitrogens with zero attached hydrogens (tertiary/aromatic N) is 4. The summed E-state index contributed by atoms with van der Waals surface area (Å²) in [6.07, 6.45) is 2.21. The molecule has 0 saturated carbocycles. The lowest BCUT2D eigenvalue weighted by Crippen LogP contribution is -2.38. The molecule has 2 aliphatic heterocycles. The van der Waals surface area contributed by atoms with Crippen LogP contribution in [0.4, 0.5) is 5.95 Å². The van der Waals surface area contributed by atoms with Crippen LogP contribution in [-0.2, 0) is 14.3 Å². The Hall–Kier alpha value is -2.10. The zero-order valence-electron chi connectivity index (χ0n) is 17.5. The van der Waals surface area contributed by atoms with Crippen molar-refractivity contribution in [3.05, 3.63) is 29.8 Å². The van der Waals surface area contributed by atoms with E-state index in [1.165, 1.54) is 17.3 Å². The standard InChI is InChI=1S/C21H29N5O3S/c1-15-5-7-17(8-6-15)26-20(25-9-12-28-13-10-25)23-24-21(26)30-16(2)19(27)22-14-18-4-3-11-29-18/h5-8,16,18H,3-4,9-14H2,1-2H3,(H,22,27). The first-order valence-corrected chi connectivity index (χ1v) is 11.4. The van der Waals surface area contributed by atoms with E-state index in [2.05, 4.69) is 51.6 Å². The van der Waals surface area contributed by atoms with Gasteiger partial charge in [-0.05, 0) is 38.8 Å². The normalized spacial score (nSPS) is 20.3. The summed E-state index contributed by atoms with van der Waals surface area (Å²) < 4.78 is 13.1. The molecule has 4 rings (SSSR count). The van der Waals surface area contributed by atoms with E-state index >= 15 is 0 Å². The van der Waals surface area contributed by atoms with Crippen molar-refractivity contribution in [1.82, 2.24) is 20.1 Å². The average molecular weight is 432 g/mol. The highest BCUT2D eigenvalue weighted by Crippen LogP contribution is 2.30. The van der Waals surface area contributed by atoms with Crippen molar-refractivity contribution in [3.63, 3.8) is 0 Å². The fraction of sp³-hybridized carbons (Fsp3) is 0.571. The van der Waals surface area contributed by atoms with Crippen LogP contribution in [0.3, 0.4) is 0 Å². The highest BCUT2D eigenvalue weighted by Gasteiger charge is 2.25. The highest BCUT2D eigenvalue weighted by atomic mass is 32.2. The predicted octanol–water partition coefficient (Wildman–Crippen LogP) is 2.19. The Morgan fingerprint density at radius 1 is 1.23 bits per heavy atom. The zero-order valence-corrected chi connectivity index (χ0v) is 18.4. The lowest BCUT2D eigenvalue weighted by Gasteiger charge is -2.28. The third-order valence-electron chi connectivity index (χ3n) is 5.38. The third kappa shape index (κ3) is 4.96. The molecule has 30 heavy (non-hydrogen) atoms. The molecule has 2 aliphatic rings. The number of aromatic nitrogens is 3. The van der Waals surface area contributed by atoms with Crippen molar-refractivity contribution >= 4 is 23.6 Å². The van der Waals surface area contributed by atoms with Crippen molar-refractivity contribution in [3.8, 4) is 5.69 Å². The number of hydrogen-bond donors (Lipinski definition) is 1. The van der Waals surface area contributed by atoms with Gasteiger partial charge in [-0.2, -0.15) is 0 Å². The van der Waals surface area contributed by atoms with Crippen LogP contribution in [0.1, 0.15) is 25.3 Å². The third-order valence-corrected chi connectivity index (χ3v) is 6.42. The maximum atomic E-state index is 12.6. The first kappa shape index (κ1) is 21.1. The summed E-state index contributed by atoms with van der Waals surface area (Å²) in [5, 5.41) is 12.3. The molecule has 1 N–H and O–H groups in total. The molecule has 2 aromatic rings. The molecule has 2 saturated heterocycles. The molecule has 162 valence electrons. The molecule has 1 aromatic heterocycles. The molecule has 1 aromatic carbocycles. The first-order valence-electron chi connectivity index (χ1n) is 10.5. The molecule has 9 heteroatoms. The molecule has 0 bridgehead atoms. The van der Waals surface area contributed by atoms with E-state index in [0.29, 0.717) is 24.9 Å². The molecule has 8 nitrogen and oxygen atoms in total. The quantitative estimate of drug-likeness (QED) is 0.673. The Kier molecular flexibility index (Phi) is 6.91. The Labute approximate surface area is 181 Å². The van der Waals surface area contributed by atoms with Gasteiger partial charge in [0, 0.05) is 26.2 Å². The van der Waals surface area contributed by atoms with Crippen LogP contribution in [0.15, 0.2) is 29.4 Å². The van der Waals surface area contributed by atoms with Crippen molar-refractivity contribution in [2.24, 2.45) is 0 Å². The molecule has 1 amide bonds. The fourth-order valence-electron chi connectivity index (χ4n) is 3.60. The summed E-state index contributed by atoms with van der Waals surface area (Å²) in [4.78, 5) is 14.8. The maximum Gasteiger partial charge on any atom is 0.233 e. The second kappa shape index (κ2) is 9.80. The second-order valence-electron chi connectivity index (χ2n) is 7.69. The summed E-state index contributed by atoms with van der Waals surface area (Å²) in [7, 11) is 0. The van der Waals surface area contributed by atoms with E-state index in [-0.39, 0.29) is 17.3 Å². The van der Waals surface area contributed by atoms with E-state index in [0.717, 1.165) is 44.2 Å². The van der Waals surface area contributed by atoms with Gasteiger partial charge in [0.15, 0.2) is 5.16 Å². The number of ether oxygens (including phenoxy) is 2. The highest BCUT2D eigenvalue weighted by molar-refractivity contribution is 8.00. The Morgan fingerprint density at radius 2 is 2.00 bits per heavy atom.